The van der Waals surface area contributed by atoms with E-state index in [0.717, 1.165) is 0 Å². The van der Waals surface area contributed by atoms with Crippen LogP contribution >= 0.6 is 11.6 Å². The number of hydrogen-bond donors (Lipinski definition) is 3. The molecule has 0 radical (unpaired) electrons. The first-order valence-corrected chi connectivity index (χ1v) is 8.43. The molecule has 0 fully saturated rings. The Morgan fingerprint density at radius 1 is 1.41 bits per heavy atom. The second-order valence-corrected chi connectivity index (χ2v) is 5.95. The van der Waals surface area contributed by atoms with Crippen molar-refractivity contribution in [2.45, 2.75) is 6.10 Å². The van der Waals surface area contributed by atoms with E-state index in [0.29, 0.717) is 28.5 Å². The van der Waals surface area contributed by atoms with E-state index in [2.05, 4.69) is 11.6 Å². The lowest BCUT2D eigenvalue weighted by molar-refractivity contribution is 0.146. The molecular weight excluding hydrogens is 375 g/mol. The van der Waals surface area contributed by atoms with E-state index in [4.69, 9.17) is 31.5 Å². The summed E-state index contributed by atoms with van der Waals surface area (Å²) in [4.78, 5) is 2.90. The van der Waals surface area contributed by atoms with Gasteiger partial charge in [-0.05, 0) is 18.2 Å². The van der Waals surface area contributed by atoms with Crippen LogP contribution in [0.2, 0.25) is 5.02 Å². The van der Waals surface area contributed by atoms with Gasteiger partial charge in [-0.3, -0.25) is 0 Å². The summed E-state index contributed by atoms with van der Waals surface area (Å²) in [5.41, 5.74) is 5.76. The number of methoxy groups -OCH3 is 2. The third-order valence-electron chi connectivity index (χ3n) is 3.93. The molecule has 0 aliphatic carbocycles. The predicted octanol–water partition coefficient (Wildman–Crippen LogP) is 1.55. The van der Waals surface area contributed by atoms with Gasteiger partial charge >= 0.3 is 0 Å². The smallest absolute Gasteiger partial charge is 0.138 e. The van der Waals surface area contributed by atoms with Crippen LogP contribution in [0.1, 0.15) is 17.2 Å². The zero-order valence-corrected chi connectivity index (χ0v) is 15.8. The van der Waals surface area contributed by atoms with Crippen molar-refractivity contribution >= 4 is 24.3 Å². The molecule has 0 aliphatic rings. The summed E-state index contributed by atoms with van der Waals surface area (Å²) < 4.78 is 30.0. The van der Waals surface area contributed by atoms with Crippen LogP contribution in [0.25, 0.3) is 12.7 Å². The fourth-order valence-corrected chi connectivity index (χ4v) is 2.82. The number of aromatic amines is 1. The molecule has 8 heteroatoms. The first-order valence-electron chi connectivity index (χ1n) is 8.06. The Labute approximate surface area is 161 Å². The van der Waals surface area contributed by atoms with Gasteiger partial charge in [0.2, 0.25) is 0 Å². The van der Waals surface area contributed by atoms with Crippen molar-refractivity contribution in [2.75, 3.05) is 27.4 Å². The molecule has 0 aliphatic heterocycles. The second kappa shape index (κ2) is 9.45. The molecule has 0 amide bonds. The number of nitrogens with two attached hydrogens (primary N) is 1. The highest BCUT2D eigenvalue weighted by Gasteiger charge is 2.23. The van der Waals surface area contributed by atoms with Crippen molar-refractivity contribution in [3.05, 3.63) is 62.8 Å². The molecule has 1 aromatic carbocycles. The highest BCUT2D eigenvalue weighted by Crippen LogP contribution is 2.36. The Hall–Kier alpha value is -2.48. The number of rotatable bonds is 8. The van der Waals surface area contributed by atoms with Gasteiger partial charge in [0, 0.05) is 41.2 Å². The Morgan fingerprint density at radius 3 is 2.78 bits per heavy atom. The number of aliphatic hydroxyl groups is 1. The Kier molecular flexibility index (Phi) is 7.29. The summed E-state index contributed by atoms with van der Waals surface area (Å²) in [6.45, 7) is 4.45. The highest BCUT2D eigenvalue weighted by molar-refractivity contribution is 6.33. The molecule has 0 bridgehead atoms. The summed E-state index contributed by atoms with van der Waals surface area (Å²) in [7, 11) is 2.99. The molecule has 6 nitrogen and oxygen atoms in total. The molecule has 1 heterocycles. The minimum atomic E-state index is -1.36. The van der Waals surface area contributed by atoms with E-state index in [9.17, 15) is 9.50 Å². The lowest BCUT2D eigenvalue weighted by Gasteiger charge is -2.16. The lowest BCUT2D eigenvalue weighted by atomic mass is 10.0. The molecular formula is C19H22ClFN2O4. The van der Waals surface area contributed by atoms with E-state index in [1.54, 1.807) is 6.08 Å². The van der Waals surface area contributed by atoms with Crippen molar-refractivity contribution in [2.24, 2.45) is 5.73 Å². The van der Waals surface area contributed by atoms with E-state index >= 15 is 0 Å². The number of ether oxygens (including phenoxy) is 3. The van der Waals surface area contributed by atoms with Gasteiger partial charge in [0.25, 0.3) is 0 Å². The van der Waals surface area contributed by atoms with Crippen molar-refractivity contribution < 1.29 is 23.7 Å². The van der Waals surface area contributed by atoms with Crippen LogP contribution < -0.4 is 21.0 Å². The first kappa shape index (κ1) is 20.8. The maximum Gasteiger partial charge on any atom is 0.138 e. The average molecular weight is 397 g/mol. The molecule has 27 heavy (non-hydrogen) atoms. The summed E-state index contributed by atoms with van der Waals surface area (Å²) >= 11 is 6.30. The number of aliphatic hydroxyl groups excluding tert-OH is 1. The van der Waals surface area contributed by atoms with Crippen LogP contribution in [-0.2, 0) is 9.47 Å². The fourth-order valence-electron chi connectivity index (χ4n) is 2.51. The highest BCUT2D eigenvalue weighted by atomic mass is 35.5. The number of hydrogen-bond acceptors (Lipinski definition) is 5. The van der Waals surface area contributed by atoms with Crippen LogP contribution in [-0.4, -0.2) is 37.5 Å². The molecule has 0 saturated carbocycles. The standard InChI is InChI=1S/C19H22ClFN2O4/c1-11-13(8-12(9-22)26-3)14(10-23-11)19(24)17-15(21)4-5-16(18(17)20)27-7-6-25-2/h4-5,8-10,19,23-24H,1,6-7,22H2,2-3H3/b12-9+,13-8+. The van der Waals surface area contributed by atoms with Crippen LogP contribution in [0.3, 0.4) is 0 Å². The van der Waals surface area contributed by atoms with Gasteiger partial charge in [-0.15, -0.1) is 0 Å². The number of aromatic nitrogens is 1. The number of allylic oxidation sites excluding steroid dienone is 1. The SMILES string of the molecule is C=c1[nH]cc(C(O)c2c(F)ccc(OCCOC)c2Cl)/c1=C/C(=C\N)OC. The summed E-state index contributed by atoms with van der Waals surface area (Å²) in [5, 5.41) is 11.8. The zero-order valence-electron chi connectivity index (χ0n) is 15.1. The summed E-state index contributed by atoms with van der Waals surface area (Å²) in [5.74, 6) is -0.0543. The zero-order chi connectivity index (χ0) is 20.0. The maximum atomic E-state index is 14.5. The van der Waals surface area contributed by atoms with Crippen LogP contribution in [0.15, 0.2) is 30.3 Å². The largest absolute Gasteiger partial charge is 0.495 e. The van der Waals surface area contributed by atoms with Crippen molar-refractivity contribution in [1.82, 2.24) is 4.98 Å². The molecule has 2 aromatic rings. The number of nitrogens with one attached hydrogen (secondary N) is 1. The van der Waals surface area contributed by atoms with Crippen LogP contribution in [0, 0.1) is 5.82 Å². The maximum absolute atomic E-state index is 14.5. The van der Waals surface area contributed by atoms with Gasteiger partial charge < -0.3 is 30.0 Å². The third-order valence-corrected chi connectivity index (χ3v) is 4.32. The minimum Gasteiger partial charge on any atom is -0.495 e. The summed E-state index contributed by atoms with van der Waals surface area (Å²) in [6, 6.07) is 2.59. The van der Waals surface area contributed by atoms with Gasteiger partial charge in [0.05, 0.1) is 18.7 Å². The molecule has 4 N–H and O–H groups in total. The number of halogens is 2. The van der Waals surface area contributed by atoms with Gasteiger partial charge in [0.15, 0.2) is 0 Å². The summed E-state index contributed by atoms with van der Waals surface area (Å²) in [6.07, 6.45) is 3.01. The molecule has 146 valence electrons. The van der Waals surface area contributed by atoms with E-state index in [1.165, 1.54) is 38.7 Å². The Bertz CT molecular complexity index is 927. The van der Waals surface area contributed by atoms with Gasteiger partial charge in [0.1, 0.15) is 30.0 Å². The molecule has 1 aromatic heterocycles. The second-order valence-electron chi connectivity index (χ2n) is 5.57. The number of benzene rings is 1. The Morgan fingerprint density at radius 2 is 2.15 bits per heavy atom. The van der Waals surface area contributed by atoms with E-state index < -0.39 is 11.9 Å². The molecule has 2 rings (SSSR count). The van der Waals surface area contributed by atoms with Crippen molar-refractivity contribution in [1.29, 1.82) is 0 Å². The third kappa shape index (κ3) is 4.63. The number of H-pyrrole nitrogens is 1. The molecule has 0 saturated heterocycles. The first-order chi connectivity index (χ1) is 12.9. The topological polar surface area (TPSA) is 89.7 Å². The Balaban J connectivity index is 2.52. The fraction of sp³-hybridized carbons (Fsp3) is 0.263. The lowest BCUT2D eigenvalue weighted by Crippen LogP contribution is -2.26. The molecule has 1 atom stereocenters. The van der Waals surface area contributed by atoms with Crippen molar-refractivity contribution in [3.63, 3.8) is 0 Å². The average Bonchev–Trinajstić information content (AvgIpc) is 3.02. The normalized spacial score (nSPS) is 13.7. The van der Waals surface area contributed by atoms with Crippen LogP contribution in [0.4, 0.5) is 4.39 Å². The van der Waals surface area contributed by atoms with Crippen molar-refractivity contribution in [3.8, 4) is 5.75 Å². The molecule has 1 unspecified atom stereocenters. The predicted molar refractivity (Wildman–Crippen MR) is 102 cm³/mol. The van der Waals surface area contributed by atoms with E-state index in [-0.39, 0.29) is 22.9 Å². The monoisotopic (exact) mass is 396 g/mol. The quantitative estimate of drug-likeness (QED) is 0.465. The van der Waals surface area contributed by atoms with Gasteiger partial charge in [-0.25, -0.2) is 4.39 Å². The van der Waals surface area contributed by atoms with Gasteiger partial charge in [-0.2, -0.15) is 0 Å². The van der Waals surface area contributed by atoms with E-state index in [1.807, 2.05) is 0 Å². The van der Waals surface area contributed by atoms with Gasteiger partial charge in [-0.1, -0.05) is 18.2 Å². The minimum absolute atomic E-state index is 0.0160. The van der Waals surface area contributed by atoms with Crippen LogP contribution in [0.5, 0.6) is 5.75 Å². The molecule has 0 spiro atoms.